The van der Waals surface area contributed by atoms with Crippen LogP contribution in [0.2, 0.25) is 0 Å². The van der Waals surface area contributed by atoms with Gasteiger partial charge >= 0.3 is 0 Å². The zero-order valence-electron chi connectivity index (χ0n) is 11.0. The first-order chi connectivity index (χ1) is 8.27. The van der Waals surface area contributed by atoms with Crippen molar-refractivity contribution in [1.29, 1.82) is 0 Å². The highest BCUT2D eigenvalue weighted by Gasteiger charge is 2.50. The average Bonchev–Trinajstić information content (AvgIpc) is 2.71. The van der Waals surface area contributed by atoms with Crippen molar-refractivity contribution in [3.63, 3.8) is 0 Å². The third kappa shape index (κ3) is 2.17. The van der Waals surface area contributed by atoms with Crippen LogP contribution in [0.5, 0.6) is 0 Å². The van der Waals surface area contributed by atoms with Gasteiger partial charge in [0.2, 0.25) is 0 Å². The molecule has 0 amide bonds. The Morgan fingerprint density at radius 1 is 1.56 bits per heavy atom. The molecular formula is C11H19N3O3S. The van der Waals surface area contributed by atoms with Gasteiger partial charge in [-0.15, -0.1) is 0 Å². The second-order valence-electron chi connectivity index (χ2n) is 5.29. The lowest BCUT2D eigenvalue weighted by atomic mass is 9.65. The molecule has 2 atom stereocenters. The summed E-state index contributed by atoms with van der Waals surface area (Å²) >= 11 is 0. The van der Waals surface area contributed by atoms with Crippen LogP contribution in [0.3, 0.4) is 0 Å². The van der Waals surface area contributed by atoms with Crippen molar-refractivity contribution in [2.24, 2.45) is 5.41 Å². The highest BCUT2D eigenvalue weighted by atomic mass is 32.2. The van der Waals surface area contributed by atoms with Crippen molar-refractivity contribution in [3.05, 3.63) is 12.0 Å². The summed E-state index contributed by atoms with van der Waals surface area (Å²) in [7, 11) is -1.88. The SMILES string of the molecule is COC1CC(NS(=O)(=O)c2cnc(C)[nH]2)C1(C)C. The highest BCUT2D eigenvalue weighted by Crippen LogP contribution is 2.42. The molecule has 2 rings (SSSR count). The molecule has 6 nitrogen and oxygen atoms in total. The average molecular weight is 273 g/mol. The first-order valence-corrected chi connectivity index (χ1v) is 7.32. The van der Waals surface area contributed by atoms with Crippen LogP contribution in [0.15, 0.2) is 11.2 Å². The Hall–Kier alpha value is -0.920. The fourth-order valence-corrected chi connectivity index (χ4v) is 3.65. The number of methoxy groups -OCH3 is 1. The Balaban J connectivity index is 2.11. The van der Waals surface area contributed by atoms with Crippen molar-refractivity contribution in [1.82, 2.24) is 14.7 Å². The molecule has 1 heterocycles. The van der Waals surface area contributed by atoms with Crippen LogP contribution in [-0.4, -0.2) is 37.6 Å². The van der Waals surface area contributed by atoms with E-state index >= 15 is 0 Å². The molecule has 1 aliphatic carbocycles. The van der Waals surface area contributed by atoms with Gasteiger partial charge < -0.3 is 9.72 Å². The summed E-state index contributed by atoms with van der Waals surface area (Å²) in [6.45, 7) is 5.71. The van der Waals surface area contributed by atoms with Crippen molar-refractivity contribution in [2.75, 3.05) is 7.11 Å². The minimum Gasteiger partial charge on any atom is -0.381 e. The predicted octanol–water partition coefficient (Wildman–Crippen LogP) is 0.810. The third-order valence-corrected chi connectivity index (χ3v) is 5.11. The lowest BCUT2D eigenvalue weighted by Crippen LogP contribution is -2.61. The van der Waals surface area contributed by atoms with Gasteiger partial charge in [0.15, 0.2) is 5.03 Å². The van der Waals surface area contributed by atoms with E-state index in [1.54, 1.807) is 14.0 Å². The maximum absolute atomic E-state index is 12.1. The molecule has 1 aromatic rings. The van der Waals surface area contributed by atoms with E-state index in [0.29, 0.717) is 12.2 Å². The maximum Gasteiger partial charge on any atom is 0.257 e. The monoisotopic (exact) mass is 273 g/mol. The number of nitrogens with zero attached hydrogens (tertiary/aromatic N) is 1. The second kappa shape index (κ2) is 4.32. The van der Waals surface area contributed by atoms with Crippen LogP contribution in [-0.2, 0) is 14.8 Å². The molecule has 1 aromatic heterocycles. The minimum atomic E-state index is -3.53. The molecule has 1 fully saturated rings. The number of rotatable bonds is 4. The van der Waals surface area contributed by atoms with Crippen LogP contribution >= 0.6 is 0 Å². The zero-order valence-corrected chi connectivity index (χ0v) is 11.8. The number of imidazole rings is 1. The lowest BCUT2D eigenvalue weighted by molar-refractivity contribution is -0.0908. The fourth-order valence-electron chi connectivity index (χ4n) is 2.27. The quantitative estimate of drug-likeness (QED) is 0.850. The molecule has 1 aliphatic rings. The van der Waals surface area contributed by atoms with E-state index in [-0.39, 0.29) is 22.6 Å². The number of aromatic amines is 1. The van der Waals surface area contributed by atoms with Gasteiger partial charge in [-0.05, 0) is 13.3 Å². The molecule has 0 spiro atoms. The van der Waals surface area contributed by atoms with Gasteiger partial charge in [0.05, 0.1) is 12.3 Å². The second-order valence-corrected chi connectivity index (χ2v) is 6.97. The lowest BCUT2D eigenvalue weighted by Gasteiger charge is -2.50. The Kier molecular flexibility index (Phi) is 3.25. The number of nitrogens with one attached hydrogen (secondary N) is 2. The number of H-pyrrole nitrogens is 1. The molecule has 0 bridgehead atoms. The number of hydrogen-bond acceptors (Lipinski definition) is 4. The molecule has 1 saturated carbocycles. The Morgan fingerprint density at radius 2 is 2.22 bits per heavy atom. The van der Waals surface area contributed by atoms with E-state index < -0.39 is 10.0 Å². The molecule has 18 heavy (non-hydrogen) atoms. The molecule has 7 heteroatoms. The summed E-state index contributed by atoms with van der Waals surface area (Å²) in [5.41, 5.74) is -0.198. The molecule has 2 unspecified atom stereocenters. The van der Waals surface area contributed by atoms with Crippen LogP contribution in [0.1, 0.15) is 26.1 Å². The highest BCUT2D eigenvalue weighted by molar-refractivity contribution is 7.89. The van der Waals surface area contributed by atoms with Crippen LogP contribution in [0.4, 0.5) is 0 Å². The number of aromatic nitrogens is 2. The Bertz CT molecular complexity index is 535. The Labute approximate surface area is 107 Å². The van der Waals surface area contributed by atoms with E-state index in [2.05, 4.69) is 14.7 Å². The van der Waals surface area contributed by atoms with Crippen molar-refractivity contribution >= 4 is 10.0 Å². The fraction of sp³-hybridized carbons (Fsp3) is 0.727. The zero-order chi connectivity index (χ0) is 13.6. The molecule has 0 saturated heterocycles. The van der Waals surface area contributed by atoms with Crippen LogP contribution in [0, 0.1) is 12.3 Å². The summed E-state index contributed by atoms with van der Waals surface area (Å²) in [5.74, 6) is 0.581. The van der Waals surface area contributed by atoms with Crippen LogP contribution < -0.4 is 4.72 Å². The largest absolute Gasteiger partial charge is 0.381 e. The maximum atomic E-state index is 12.1. The molecule has 0 radical (unpaired) electrons. The summed E-state index contributed by atoms with van der Waals surface area (Å²) in [6.07, 6.45) is 2.11. The number of ether oxygens (including phenoxy) is 1. The van der Waals surface area contributed by atoms with Gasteiger partial charge in [0.25, 0.3) is 10.0 Å². The molecule has 0 aromatic carbocycles. The first kappa shape index (κ1) is 13.5. The number of hydrogen-bond donors (Lipinski definition) is 2. The van der Waals surface area contributed by atoms with Crippen molar-refractivity contribution in [3.8, 4) is 0 Å². The summed E-state index contributed by atoms with van der Waals surface area (Å²) in [6, 6.07) is -0.115. The van der Waals surface area contributed by atoms with Crippen LogP contribution in [0.25, 0.3) is 0 Å². The normalized spacial score (nSPS) is 26.9. The predicted molar refractivity (Wildman–Crippen MR) is 66.6 cm³/mol. The standard InChI is InChI=1S/C11H19N3O3S/c1-7-12-6-10(13-7)18(15,16)14-8-5-9(17-4)11(8,2)3/h6,8-9,14H,5H2,1-4H3,(H,12,13). The van der Waals surface area contributed by atoms with Gasteiger partial charge in [0, 0.05) is 18.6 Å². The van der Waals surface area contributed by atoms with E-state index in [1.165, 1.54) is 6.20 Å². The van der Waals surface area contributed by atoms with Gasteiger partial charge in [-0.2, -0.15) is 0 Å². The third-order valence-electron chi connectivity index (χ3n) is 3.73. The Morgan fingerprint density at radius 3 is 2.67 bits per heavy atom. The summed E-state index contributed by atoms with van der Waals surface area (Å²) in [4.78, 5) is 6.63. The van der Waals surface area contributed by atoms with Crippen molar-refractivity contribution in [2.45, 2.75) is 44.4 Å². The van der Waals surface area contributed by atoms with E-state index in [4.69, 9.17) is 4.74 Å². The van der Waals surface area contributed by atoms with E-state index in [0.717, 1.165) is 0 Å². The molecule has 102 valence electrons. The number of aryl methyl sites for hydroxylation is 1. The minimum absolute atomic E-state index is 0.0914. The molecular weight excluding hydrogens is 254 g/mol. The van der Waals surface area contributed by atoms with Gasteiger partial charge in [-0.1, -0.05) is 13.8 Å². The van der Waals surface area contributed by atoms with Gasteiger partial charge in [-0.25, -0.2) is 18.1 Å². The first-order valence-electron chi connectivity index (χ1n) is 5.84. The van der Waals surface area contributed by atoms with Crippen molar-refractivity contribution < 1.29 is 13.2 Å². The summed E-state index contributed by atoms with van der Waals surface area (Å²) in [5, 5.41) is 0.108. The number of sulfonamides is 1. The van der Waals surface area contributed by atoms with E-state index in [9.17, 15) is 8.42 Å². The molecule has 2 N–H and O–H groups in total. The van der Waals surface area contributed by atoms with Gasteiger partial charge in [0.1, 0.15) is 5.82 Å². The smallest absolute Gasteiger partial charge is 0.257 e. The topological polar surface area (TPSA) is 84.1 Å². The molecule has 0 aliphatic heterocycles. The summed E-state index contributed by atoms with van der Waals surface area (Å²) < 4.78 is 32.2. The van der Waals surface area contributed by atoms with Gasteiger partial charge in [-0.3, -0.25) is 0 Å². The van der Waals surface area contributed by atoms with E-state index in [1.807, 2.05) is 13.8 Å².